The molecule has 6 heteroatoms. The molecule has 0 fully saturated rings. The van der Waals surface area contributed by atoms with Gasteiger partial charge >= 0.3 is 11.9 Å². The Kier molecular flexibility index (Phi) is 3.09. The van der Waals surface area contributed by atoms with Gasteiger partial charge in [0.25, 0.3) is 0 Å². The van der Waals surface area contributed by atoms with Gasteiger partial charge < -0.3 is 9.84 Å². The second-order valence-corrected chi connectivity index (χ2v) is 3.55. The van der Waals surface area contributed by atoms with Gasteiger partial charge in [-0.1, -0.05) is 18.2 Å². The Morgan fingerprint density at radius 2 is 1.94 bits per heavy atom. The van der Waals surface area contributed by atoms with Gasteiger partial charge in [0.2, 0.25) is 0 Å². The molecular formula is C12H10N2O4. The normalized spacial score (nSPS) is 10.1. The molecule has 0 aliphatic rings. The highest BCUT2D eigenvalue weighted by Gasteiger charge is 2.18. The number of esters is 1. The predicted molar refractivity (Wildman–Crippen MR) is 61.6 cm³/mol. The molecule has 0 saturated carbocycles. The number of hydrogen-bond donors (Lipinski definition) is 1. The van der Waals surface area contributed by atoms with Crippen LogP contribution >= 0.6 is 0 Å². The zero-order chi connectivity index (χ0) is 13.1. The number of hydrogen-bond acceptors (Lipinski definition) is 4. The van der Waals surface area contributed by atoms with Gasteiger partial charge in [-0.15, -0.1) is 0 Å². The summed E-state index contributed by atoms with van der Waals surface area (Å²) in [4.78, 5) is 22.5. The summed E-state index contributed by atoms with van der Waals surface area (Å²) in [5.74, 6) is -1.46. The van der Waals surface area contributed by atoms with Gasteiger partial charge in [0.1, 0.15) is 11.4 Å². The first-order valence-corrected chi connectivity index (χ1v) is 5.12. The van der Waals surface area contributed by atoms with Crippen LogP contribution in [0.1, 0.15) is 21.0 Å². The first-order valence-electron chi connectivity index (χ1n) is 5.12. The molecule has 2 rings (SSSR count). The maximum absolute atomic E-state index is 11.7. The van der Waals surface area contributed by atoms with Crippen molar-refractivity contribution in [1.82, 2.24) is 9.78 Å². The third-order valence-corrected chi connectivity index (χ3v) is 2.26. The lowest BCUT2D eigenvalue weighted by atomic mass is 10.3. The predicted octanol–water partition coefficient (Wildman–Crippen LogP) is 1.34. The van der Waals surface area contributed by atoms with Crippen LogP contribution in [-0.2, 0) is 7.05 Å². The van der Waals surface area contributed by atoms with E-state index in [9.17, 15) is 9.59 Å². The Balaban J connectivity index is 2.20. The van der Waals surface area contributed by atoms with Crippen molar-refractivity contribution in [3.8, 4) is 5.75 Å². The van der Waals surface area contributed by atoms with E-state index in [1.54, 1.807) is 30.3 Å². The number of aromatic nitrogens is 2. The number of carbonyl (C=O) groups is 2. The van der Waals surface area contributed by atoms with Crippen LogP contribution in [0.2, 0.25) is 0 Å². The summed E-state index contributed by atoms with van der Waals surface area (Å²) >= 11 is 0. The molecule has 6 nitrogen and oxygen atoms in total. The van der Waals surface area contributed by atoms with E-state index in [4.69, 9.17) is 9.84 Å². The molecule has 1 aromatic heterocycles. The second-order valence-electron chi connectivity index (χ2n) is 3.55. The number of carboxylic acid groups (broad SMARTS) is 1. The number of rotatable bonds is 3. The van der Waals surface area contributed by atoms with Gasteiger partial charge in [-0.2, -0.15) is 5.10 Å². The van der Waals surface area contributed by atoms with Crippen molar-refractivity contribution >= 4 is 11.9 Å². The highest BCUT2D eigenvalue weighted by atomic mass is 16.5. The molecule has 0 unspecified atom stereocenters. The molecule has 0 bridgehead atoms. The van der Waals surface area contributed by atoms with Crippen molar-refractivity contribution in [3.63, 3.8) is 0 Å². The van der Waals surface area contributed by atoms with E-state index in [0.717, 1.165) is 4.68 Å². The molecule has 0 amide bonds. The van der Waals surface area contributed by atoms with E-state index in [2.05, 4.69) is 5.10 Å². The van der Waals surface area contributed by atoms with E-state index in [1.807, 2.05) is 0 Å². The summed E-state index contributed by atoms with van der Waals surface area (Å²) in [7, 11) is 1.45. The summed E-state index contributed by atoms with van der Waals surface area (Å²) in [6, 6.07) is 9.67. The smallest absolute Gasteiger partial charge is 0.364 e. The van der Waals surface area contributed by atoms with Crippen molar-refractivity contribution < 1.29 is 19.4 Å². The Morgan fingerprint density at radius 1 is 1.28 bits per heavy atom. The van der Waals surface area contributed by atoms with E-state index in [1.165, 1.54) is 13.1 Å². The monoisotopic (exact) mass is 246 g/mol. The molecule has 92 valence electrons. The van der Waals surface area contributed by atoms with Crippen LogP contribution in [0.4, 0.5) is 0 Å². The zero-order valence-electron chi connectivity index (χ0n) is 9.53. The fraction of sp³-hybridized carbons (Fsp3) is 0.0833. The number of nitrogens with zero attached hydrogens (tertiary/aromatic N) is 2. The Bertz CT molecular complexity index is 589. The number of aromatic carboxylic acids is 1. The number of benzene rings is 1. The third-order valence-electron chi connectivity index (χ3n) is 2.26. The van der Waals surface area contributed by atoms with Crippen LogP contribution in [0.3, 0.4) is 0 Å². The van der Waals surface area contributed by atoms with Gasteiger partial charge in [-0.25, -0.2) is 9.59 Å². The number of carbonyl (C=O) groups excluding carboxylic acids is 1. The second kappa shape index (κ2) is 4.70. The average Bonchev–Trinajstić information content (AvgIpc) is 2.73. The quantitative estimate of drug-likeness (QED) is 0.652. The molecule has 0 saturated heterocycles. The number of ether oxygens (including phenoxy) is 1. The van der Waals surface area contributed by atoms with E-state index >= 15 is 0 Å². The summed E-state index contributed by atoms with van der Waals surface area (Å²) in [6.45, 7) is 0. The summed E-state index contributed by atoms with van der Waals surface area (Å²) in [6.07, 6.45) is 0. The standard InChI is InChI=1S/C12H10N2O4/c1-14-10(11(15)16)7-9(13-14)12(17)18-8-5-3-2-4-6-8/h2-7H,1H3,(H,15,16). The van der Waals surface area contributed by atoms with Gasteiger partial charge in [-0.05, 0) is 12.1 Å². The van der Waals surface area contributed by atoms with Crippen molar-refractivity contribution in [1.29, 1.82) is 0 Å². The molecule has 2 aromatic rings. The van der Waals surface area contributed by atoms with E-state index < -0.39 is 11.9 Å². The lowest BCUT2D eigenvalue weighted by Gasteiger charge is -2.00. The van der Waals surface area contributed by atoms with Crippen LogP contribution < -0.4 is 4.74 Å². The zero-order valence-corrected chi connectivity index (χ0v) is 9.53. The Labute approximate surface area is 102 Å². The van der Waals surface area contributed by atoms with Crippen molar-refractivity contribution in [2.45, 2.75) is 0 Å². The first-order chi connectivity index (χ1) is 8.58. The lowest BCUT2D eigenvalue weighted by molar-refractivity contribution is 0.0683. The Hall–Kier alpha value is -2.63. The molecule has 18 heavy (non-hydrogen) atoms. The molecule has 0 atom stereocenters. The molecule has 1 aromatic carbocycles. The van der Waals surface area contributed by atoms with Crippen LogP contribution in [0, 0.1) is 0 Å². The highest BCUT2D eigenvalue weighted by molar-refractivity contribution is 5.93. The van der Waals surface area contributed by atoms with E-state index in [0.29, 0.717) is 5.75 Å². The fourth-order valence-electron chi connectivity index (χ4n) is 1.42. The van der Waals surface area contributed by atoms with Crippen LogP contribution in [0.25, 0.3) is 0 Å². The van der Waals surface area contributed by atoms with Crippen LogP contribution in [0.5, 0.6) is 5.75 Å². The van der Waals surface area contributed by atoms with Crippen LogP contribution in [0.15, 0.2) is 36.4 Å². The first kappa shape index (κ1) is 11.8. The summed E-state index contributed by atoms with van der Waals surface area (Å²) < 4.78 is 6.16. The molecule has 0 aliphatic heterocycles. The van der Waals surface area contributed by atoms with Gasteiger partial charge in [0.15, 0.2) is 5.69 Å². The molecule has 0 radical (unpaired) electrons. The average molecular weight is 246 g/mol. The number of aryl methyl sites for hydroxylation is 1. The van der Waals surface area contributed by atoms with E-state index in [-0.39, 0.29) is 11.4 Å². The van der Waals surface area contributed by atoms with Crippen molar-refractivity contribution in [2.24, 2.45) is 7.05 Å². The molecule has 1 heterocycles. The van der Waals surface area contributed by atoms with Crippen molar-refractivity contribution in [2.75, 3.05) is 0 Å². The van der Waals surface area contributed by atoms with Gasteiger partial charge in [0, 0.05) is 13.1 Å². The minimum atomic E-state index is -1.15. The molecular weight excluding hydrogens is 236 g/mol. The summed E-state index contributed by atoms with van der Waals surface area (Å²) in [5, 5.41) is 12.6. The lowest BCUT2D eigenvalue weighted by Crippen LogP contribution is -2.09. The largest absolute Gasteiger partial charge is 0.477 e. The molecule has 0 spiro atoms. The topological polar surface area (TPSA) is 81.4 Å². The third kappa shape index (κ3) is 2.37. The SMILES string of the molecule is Cn1nc(C(=O)Oc2ccccc2)cc1C(=O)O. The minimum absolute atomic E-state index is 0.0428. The molecule has 1 N–H and O–H groups in total. The van der Waals surface area contributed by atoms with Crippen LogP contribution in [-0.4, -0.2) is 26.8 Å². The summed E-state index contributed by atoms with van der Waals surface area (Å²) in [5.41, 5.74) is -0.117. The Morgan fingerprint density at radius 3 is 2.50 bits per heavy atom. The molecule has 0 aliphatic carbocycles. The number of carboxylic acids is 1. The van der Waals surface area contributed by atoms with Gasteiger partial charge in [0.05, 0.1) is 0 Å². The highest BCUT2D eigenvalue weighted by Crippen LogP contribution is 2.12. The maximum Gasteiger partial charge on any atom is 0.364 e. The minimum Gasteiger partial charge on any atom is -0.477 e. The van der Waals surface area contributed by atoms with Gasteiger partial charge in [-0.3, -0.25) is 4.68 Å². The maximum atomic E-state index is 11.7. The number of para-hydroxylation sites is 1. The van der Waals surface area contributed by atoms with Crippen molar-refractivity contribution in [3.05, 3.63) is 47.8 Å². The fourth-order valence-corrected chi connectivity index (χ4v) is 1.42.